The molecule has 0 aliphatic carbocycles. The van der Waals surface area contributed by atoms with E-state index in [1.54, 1.807) is 12.1 Å². The lowest BCUT2D eigenvalue weighted by Gasteiger charge is -2.45. The zero-order chi connectivity index (χ0) is 39.1. The minimum Gasteiger partial charge on any atom is -0.479 e. The van der Waals surface area contributed by atoms with Gasteiger partial charge in [0.2, 0.25) is 0 Å². The Morgan fingerprint density at radius 2 is 1.19 bits per heavy atom. The summed E-state index contributed by atoms with van der Waals surface area (Å²) in [6.45, 7) is 2.66. The van der Waals surface area contributed by atoms with Crippen molar-refractivity contribution in [2.24, 2.45) is 0 Å². The van der Waals surface area contributed by atoms with Crippen molar-refractivity contribution in [1.82, 2.24) is 19.4 Å². The lowest BCUT2D eigenvalue weighted by molar-refractivity contribution is -0.201. The molecule has 1 amide bonds. The van der Waals surface area contributed by atoms with Gasteiger partial charge in [0, 0.05) is 80.3 Å². The normalized spacial score (nSPS) is 17.5. The Balaban J connectivity index is 0.000000152. The van der Waals surface area contributed by atoms with Crippen molar-refractivity contribution in [1.29, 1.82) is 0 Å². The summed E-state index contributed by atoms with van der Waals surface area (Å²) in [5.74, 6) is -4.08. The van der Waals surface area contributed by atoms with Gasteiger partial charge in [-0.3, -0.25) is 9.59 Å². The number of carbonyl (C=O) groups excluding carboxylic acids is 3. The summed E-state index contributed by atoms with van der Waals surface area (Å²) < 4.78 is 91.5. The molecule has 0 bridgehead atoms. The van der Waals surface area contributed by atoms with Crippen LogP contribution in [0.2, 0.25) is 10.0 Å². The lowest BCUT2D eigenvalue weighted by atomic mass is 9.86. The van der Waals surface area contributed by atoms with Crippen LogP contribution >= 0.6 is 23.2 Å². The SMILES string of the molecule is CC(=O)OC(=O)C(F)(F)F.Clc1ccc2c(c1)OC1(CCNCC1)c1cccn1-2.O=C(N1CCC2(CC1)Oc1cc(Cl)ccc1-n1cccc12)C(F)(F)F. The van der Waals surface area contributed by atoms with Crippen molar-refractivity contribution in [2.75, 3.05) is 26.2 Å². The topological polar surface area (TPSA) is 104 Å². The van der Waals surface area contributed by atoms with Crippen molar-refractivity contribution in [3.8, 4) is 22.9 Å². The van der Waals surface area contributed by atoms with E-state index in [-0.39, 0.29) is 31.5 Å². The second-order valence-corrected chi connectivity index (χ2v) is 13.7. The number of carbonyl (C=O) groups is 3. The zero-order valence-electron chi connectivity index (χ0n) is 28.4. The standard InChI is InChI=1S/C17H14ClF3N2O2.C15H15ClN2O.C4H3F3O3/c18-11-3-4-12-13(10-11)25-16(14-2-1-7-23(12)14)5-8-22(9-6-16)15(24)17(19,20)21;16-11-3-4-12-13(10-11)19-15(5-7-17-8-6-15)14-2-1-9-18(12)14;1-2(8)10-3(9)4(5,6)7/h1-4,7,10H,5-6,8-9H2;1-4,9-10,17H,5-8H2;1H3. The van der Waals surface area contributed by atoms with Crippen molar-refractivity contribution in [3.63, 3.8) is 0 Å². The van der Waals surface area contributed by atoms with E-state index in [0.717, 1.165) is 58.7 Å². The lowest BCUT2D eigenvalue weighted by Crippen LogP contribution is -2.52. The van der Waals surface area contributed by atoms with Gasteiger partial charge in [-0.1, -0.05) is 23.2 Å². The molecular weight excluding hydrogens is 769 g/mol. The molecule has 2 spiro atoms. The van der Waals surface area contributed by atoms with E-state index in [1.807, 2.05) is 47.2 Å². The van der Waals surface area contributed by atoms with Crippen LogP contribution in [0.3, 0.4) is 0 Å². The molecule has 8 rings (SSSR count). The summed E-state index contributed by atoms with van der Waals surface area (Å²) in [4.78, 5) is 31.8. The Morgan fingerprint density at radius 1 is 0.722 bits per heavy atom. The number of nitrogens with one attached hydrogen (secondary N) is 1. The number of hydrogen-bond acceptors (Lipinski definition) is 7. The third-order valence-corrected chi connectivity index (χ3v) is 9.85. The van der Waals surface area contributed by atoms with Gasteiger partial charge in [-0.25, -0.2) is 4.79 Å². The van der Waals surface area contributed by atoms with Crippen LogP contribution in [0, 0.1) is 0 Å². The molecule has 4 aromatic rings. The molecule has 2 aromatic carbocycles. The number of nitrogens with zero attached hydrogens (tertiary/aromatic N) is 3. The molecule has 54 heavy (non-hydrogen) atoms. The highest BCUT2D eigenvalue weighted by atomic mass is 35.5. The Bertz CT molecular complexity index is 2050. The van der Waals surface area contributed by atoms with Gasteiger partial charge in [0.25, 0.3) is 0 Å². The van der Waals surface area contributed by atoms with Gasteiger partial charge in [0.1, 0.15) is 11.5 Å². The number of amides is 1. The number of benzene rings is 2. The van der Waals surface area contributed by atoms with Crippen LogP contribution in [0.4, 0.5) is 26.3 Å². The monoisotopic (exact) mass is 800 g/mol. The van der Waals surface area contributed by atoms with Gasteiger partial charge in [0.05, 0.1) is 22.8 Å². The Kier molecular flexibility index (Phi) is 10.7. The molecule has 0 saturated carbocycles. The zero-order valence-corrected chi connectivity index (χ0v) is 29.9. The summed E-state index contributed by atoms with van der Waals surface area (Å²) >= 11 is 12.2. The highest BCUT2D eigenvalue weighted by Crippen LogP contribution is 2.47. The van der Waals surface area contributed by atoms with E-state index < -0.39 is 35.8 Å². The van der Waals surface area contributed by atoms with Crippen LogP contribution in [0.1, 0.15) is 44.0 Å². The van der Waals surface area contributed by atoms with Crippen molar-refractivity contribution in [2.45, 2.75) is 56.2 Å². The Labute approximate surface area is 314 Å². The number of rotatable bonds is 0. The van der Waals surface area contributed by atoms with E-state index in [0.29, 0.717) is 17.7 Å². The fourth-order valence-electron chi connectivity index (χ4n) is 6.97. The van der Waals surface area contributed by atoms with Crippen LogP contribution < -0.4 is 14.8 Å². The van der Waals surface area contributed by atoms with Crippen LogP contribution in [-0.2, 0) is 30.3 Å². The van der Waals surface area contributed by atoms with Crippen LogP contribution in [0.15, 0.2) is 73.1 Å². The van der Waals surface area contributed by atoms with Crippen molar-refractivity contribution < 1.29 is 54.9 Å². The second kappa shape index (κ2) is 14.9. The molecule has 4 aliphatic rings. The molecule has 0 atom stereocenters. The molecule has 2 aromatic heterocycles. The number of likely N-dealkylation sites (tertiary alicyclic amines) is 1. The molecule has 2 saturated heterocycles. The largest absolute Gasteiger partial charge is 0.491 e. The predicted octanol–water partition coefficient (Wildman–Crippen LogP) is 7.64. The second-order valence-electron chi connectivity index (χ2n) is 12.9. The van der Waals surface area contributed by atoms with Gasteiger partial charge >= 0.3 is 30.2 Å². The number of aromatic nitrogens is 2. The molecule has 18 heteroatoms. The average Bonchev–Trinajstić information content (AvgIpc) is 3.81. The van der Waals surface area contributed by atoms with Crippen LogP contribution in [0.25, 0.3) is 11.4 Å². The molecule has 6 heterocycles. The van der Waals surface area contributed by atoms with Gasteiger partial charge < -0.3 is 33.6 Å². The summed E-state index contributed by atoms with van der Waals surface area (Å²) in [7, 11) is 0. The predicted molar refractivity (Wildman–Crippen MR) is 183 cm³/mol. The van der Waals surface area contributed by atoms with Gasteiger partial charge in [-0.15, -0.1) is 0 Å². The maximum atomic E-state index is 12.7. The van der Waals surface area contributed by atoms with Gasteiger partial charge in [0.15, 0.2) is 11.2 Å². The molecule has 4 aliphatic heterocycles. The van der Waals surface area contributed by atoms with E-state index in [4.69, 9.17) is 32.7 Å². The van der Waals surface area contributed by atoms with E-state index in [1.165, 1.54) is 5.69 Å². The Hall–Kier alpha value is -4.67. The maximum absolute atomic E-state index is 12.7. The fourth-order valence-corrected chi connectivity index (χ4v) is 7.30. The average molecular weight is 802 g/mol. The van der Waals surface area contributed by atoms with Crippen LogP contribution in [0.5, 0.6) is 11.5 Å². The van der Waals surface area contributed by atoms with E-state index in [9.17, 15) is 40.7 Å². The first-order valence-corrected chi connectivity index (χ1v) is 17.4. The number of halogens is 8. The van der Waals surface area contributed by atoms with E-state index >= 15 is 0 Å². The summed E-state index contributed by atoms with van der Waals surface area (Å²) in [5.41, 5.74) is 3.08. The first-order chi connectivity index (χ1) is 25.4. The number of ether oxygens (including phenoxy) is 3. The first kappa shape index (κ1) is 39.0. The number of alkyl halides is 6. The van der Waals surface area contributed by atoms with E-state index in [2.05, 4.69) is 33.0 Å². The number of piperidine rings is 2. The van der Waals surface area contributed by atoms with Crippen molar-refractivity contribution in [3.05, 3.63) is 94.5 Å². The molecular formula is C36H32Cl2F6N4O6. The quantitative estimate of drug-likeness (QED) is 0.111. The number of fused-ring (bicyclic) bond motifs is 8. The van der Waals surface area contributed by atoms with Crippen LogP contribution in [-0.4, -0.2) is 70.4 Å². The highest BCUT2D eigenvalue weighted by molar-refractivity contribution is 6.31. The molecule has 0 unspecified atom stereocenters. The molecule has 1 N–H and O–H groups in total. The summed E-state index contributed by atoms with van der Waals surface area (Å²) in [6.07, 6.45) is -3.40. The number of hydrogen-bond donors (Lipinski definition) is 1. The maximum Gasteiger partial charge on any atom is 0.491 e. The molecule has 288 valence electrons. The first-order valence-electron chi connectivity index (χ1n) is 16.6. The molecule has 2 fully saturated rings. The molecule has 10 nitrogen and oxygen atoms in total. The van der Waals surface area contributed by atoms with Crippen molar-refractivity contribution >= 4 is 41.0 Å². The van der Waals surface area contributed by atoms with Gasteiger partial charge in [-0.2, -0.15) is 26.3 Å². The third-order valence-electron chi connectivity index (χ3n) is 9.38. The Morgan fingerprint density at radius 3 is 1.59 bits per heavy atom. The fraction of sp³-hybridized carbons (Fsp3) is 0.361. The third kappa shape index (κ3) is 7.91. The number of esters is 2. The van der Waals surface area contributed by atoms with Gasteiger partial charge in [-0.05, 0) is 61.6 Å². The summed E-state index contributed by atoms with van der Waals surface area (Å²) in [5, 5.41) is 4.64. The summed E-state index contributed by atoms with van der Waals surface area (Å²) in [6, 6.07) is 19.2. The highest BCUT2D eigenvalue weighted by Gasteiger charge is 2.49. The minimum atomic E-state index is -5.09. The molecule has 0 radical (unpaired) electrons. The smallest absolute Gasteiger partial charge is 0.479 e. The minimum absolute atomic E-state index is 0.0145.